The van der Waals surface area contributed by atoms with E-state index in [-0.39, 0.29) is 0 Å². The van der Waals surface area contributed by atoms with Crippen molar-refractivity contribution in [3.63, 3.8) is 0 Å². The van der Waals surface area contributed by atoms with E-state index < -0.39 is 0 Å². The number of rotatable bonds is 2. The van der Waals surface area contributed by atoms with Crippen LogP contribution in [0.3, 0.4) is 0 Å². The smallest absolute Gasteiger partial charge is 0.274 e. The highest BCUT2D eigenvalue weighted by molar-refractivity contribution is 7.72. The Kier molecular flexibility index (Phi) is 4.17. The maximum Gasteiger partial charge on any atom is 0.274 e. The molecule has 0 unspecified atom stereocenters. The molecule has 0 saturated heterocycles. The second-order valence-electron chi connectivity index (χ2n) is 5.40. The fourth-order valence-electron chi connectivity index (χ4n) is 2.33. The Morgan fingerprint density at radius 1 is 1.05 bits per heavy atom. The number of nitrogens with zero attached hydrogens (tertiary/aromatic N) is 1. The van der Waals surface area contributed by atoms with Gasteiger partial charge in [0.25, 0.3) is 4.84 Å². The summed E-state index contributed by atoms with van der Waals surface area (Å²) in [6, 6.07) is 13.5. The van der Waals surface area contributed by atoms with Crippen LogP contribution in [0.5, 0.6) is 0 Å². The minimum atomic E-state index is 0.331. The molecule has 0 spiro atoms. The second-order valence-corrected chi connectivity index (χ2v) is 6.57. The van der Waals surface area contributed by atoms with Crippen molar-refractivity contribution in [1.29, 1.82) is 0 Å². The molecule has 112 valence electrons. The molecule has 0 amide bonds. The maximum absolute atomic E-state index is 6.06. The molecule has 0 aliphatic rings. The maximum atomic E-state index is 6.06. The molecule has 22 heavy (non-hydrogen) atoms. The summed E-state index contributed by atoms with van der Waals surface area (Å²) in [5.74, 6) is 0.477. The van der Waals surface area contributed by atoms with Crippen molar-refractivity contribution < 1.29 is 4.42 Å². The molecule has 1 aromatic heterocycles. The first-order chi connectivity index (χ1) is 10.5. The third-order valence-corrected chi connectivity index (χ3v) is 4.48. The van der Waals surface area contributed by atoms with E-state index in [1.165, 1.54) is 5.56 Å². The monoisotopic (exact) mass is 347 g/mol. The van der Waals surface area contributed by atoms with Crippen molar-refractivity contribution in [2.75, 3.05) is 0 Å². The van der Waals surface area contributed by atoms with Crippen LogP contribution in [0, 0.1) is 9.48 Å². The van der Waals surface area contributed by atoms with Crippen molar-refractivity contribution in [3.8, 4) is 5.69 Å². The van der Waals surface area contributed by atoms with Gasteiger partial charge < -0.3 is 4.42 Å². The first kappa shape index (κ1) is 15.4. The van der Waals surface area contributed by atoms with Gasteiger partial charge >= 0.3 is 0 Å². The fourth-order valence-corrected chi connectivity index (χ4v) is 3.20. The van der Waals surface area contributed by atoms with Gasteiger partial charge in [-0.1, -0.05) is 49.8 Å². The van der Waals surface area contributed by atoms with E-state index >= 15 is 0 Å². The molecule has 0 fully saturated rings. The van der Waals surface area contributed by atoms with E-state index in [0.717, 1.165) is 11.1 Å². The summed E-state index contributed by atoms with van der Waals surface area (Å²) in [6.07, 6.45) is 0. The zero-order valence-corrected chi connectivity index (χ0v) is 14.6. The first-order valence-electron chi connectivity index (χ1n) is 6.93. The summed E-state index contributed by atoms with van der Waals surface area (Å²) in [6.45, 7) is 4.32. The van der Waals surface area contributed by atoms with Gasteiger partial charge in [-0.05, 0) is 54.0 Å². The molecular formula is C17H14ClNOS2. The number of fused-ring (bicyclic) bond motifs is 1. The second kappa shape index (κ2) is 5.95. The topological polar surface area (TPSA) is 18.1 Å². The molecule has 0 N–H and O–H groups in total. The molecule has 3 aromatic rings. The fraction of sp³-hybridized carbons (Fsp3) is 0.176. The van der Waals surface area contributed by atoms with Gasteiger partial charge in [0.1, 0.15) is 10.2 Å². The van der Waals surface area contributed by atoms with E-state index in [1.54, 1.807) is 22.8 Å². The summed E-state index contributed by atoms with van der Waals surface area (Å²) in [5, 5.41) is 1.40. The van der Waals surface area contributed by atoms with Gasteiger partial charge in [0.2, 0.25) is 0 Å². The first-order valence-corrected chi connectivity index (χ1v) is 8.12. The molecule has 0 atom stereocenters. The molecule has 0 bridgehead atoms. The van der Waals surface area contributed by atoms with Crippen LogP contribution in [-0.2, 0) is 0 Å². The molecule has 2 aromatic carbocycles. The quantitative estimate of drug-likeness (QED) is 0.495. The highest BCUT2D eigenvalue weighted by Crippen LogP contribution is 2.24. The number of benzene rings is 2. The highest BCUT2D eigenvalue weighted by Gasteiger charge is 2.08. The lowest BCUT2D eigenvalue weighted by Crippen LogP contribution is -2.00. The molecule has 0 aliphatic carbocycles. The van der Waals surface area contributed by atoms with E-state index in [9.17, 15) is 0 Å². The van der Waals surface area contributed by atoms with Crippen LogP contribution in [0.4, 0.5) is 0 Å². The minimum Gasteiger partial charge on any atom is -0.431 e. The lowest BCUT2D eigenvalue weighted by molar-refractivity contribution is 0.537. The van der Waals surface area contributed by atoms with Gasteiger partial charge in [-0.2, -0.15) is 0 Å². The molecule has 2 nitrogen and oxygen atoms in total. The Balaban J connectivity index is 2.26. The van der Waals surface area contributed by atoms with E-state index in [2.05, 4.69) is 26.0 Å². The van der Waals surface area contributed by atoms with Crippen LogP contribution < -0.4 is 0 Å². The molecule has 1 heterocycles. The van der Waals surface area contributed by atoms with Gasteiger partial charge in [-0.3, -0.25) is 4.57 Å². The lowest BCUT2D eigenvalue weighted by Gasteiger charge is -2.11. The van der Waals surface area contributed by atoms with Gasteiger partial charge in [-0.15, -0.1) is 0 Å². The van der Waals surface area contributed by atoms with Crippen LogP contribution in [0.25, 0.3) is 16.7 Å². The predicted molar refractivity (Wildman–Crippen MR) is 96.3 cm³/mol. The largest absolute Gasteiger partial charge is 0.431 e. The van der Waals surface area contributed by atoms with Crippen LogP contribution in [-0.4, -0.2) is 4.57 Å². The Hall–Kier alpha value is -1.49. The van der Waals surface area contributed by atoms with Crippen LogP contribution in [0.2, 0.25) is 5.02 Å². The van der Waals surface area contributed by atoms with E-state index in [1.807, 2.05) is 12.1 Å². The summed E-state index contributed by atoms with van der Waals surface area (Å²) < 4.78 is 8.07. The number of hydrogen-bond acceptors (Lipinski definition) is 3. The summed E-state index contributed by atoms with van der Waals surface area (Å²) >= 11 is 17.0. The molecule has 0 aliphatic heterocycles. The van der Waals surface area contributed by atoms with Crippen molar-refractivity contribution in [3.05, 3.63) is 62.5 Å². The zero-order valence-electron chi connectivity index (χ0n) is 12.2. The predicted octanol–water partition coefficient (Wildman–Crippen LogP) is 6.46. The van der Waals surface area contributed by atoms with Crippen molar-refractivity contribution in [2.45, 2.75) is 19.8 Å². The average Bonchev–Trinajstić information content (AvgIpc) is 2.49. The van der Waals surface area contributed by atoms with Crippen molar-refractivity contribution in [2.24, 2.45) is 0 Å². The Bertz CT molecular complexity index is 955. The van der Waals surface area contributed by atoms with Crippen LogP contribution >= 0.6 is 36.0 Å². The highest BCUT2D eigenvalue weighted by atomic mass is 35.5. The summed E-state index contributed by atoms with van der Waals surface area (Å²) in [7, 11) is 0. The summed E-state index contributed by atoms with van der Waals surface area (Å²) in [5.41, 5.74) is 2.81. The molecule has 5 heteroatoms. The zero-order chi connectivity index (χ0) is 15.9. The molecular weight excluding hydrogens is 334 g/mol. The third-order valence-electron chi connectivity index (χ3n) is 3.57. The standard InChI is InChI=1S/C17H14ClNOS2/c1-10(2)11-3-6-13(7-4-11)19-16(21)14-9-12(18)5-8-15(14)20-17(19)22/h3-10H,1-2H3. The van der Waals surface area contributed by atoms with Crippen molar-refractivity contribution >= 4 is 47.0 Å². The van der Waals surface area contributed by atoms with E-state index in [4.69, 9.17) is 40.5 Å². The van der Waals surface area contributed by atoms with Gasteiger partial charge in [0, 0.05) is 5.02 Å². The third kappa shape index (κ3) is 2.74. The Labute approximate surface area is 144 Å². The molecule has 0 saturated carbocycles. The molecule has 0 radical (unpaired) electrons. The number of aromatic nitrogens is 1. The van der Waals surface area contributed by atoms with Gasteiger partial charge in [-0.25, -0.2) is 0 Å². The average molecular weight is 348 g/mol. The number of halogens is 1. The Morgan fingerprint density at radius 3 is 2.36 bits per heavy atom. The summed E-state index contributed by atoms with van der Waals surface area (Å²) in [4.78, 5) is 0.331. The van der Waals surface area contributed by atoms with Gasteiger partial charge in [0.15, 0.2) is 0 Å². The van der Waals surface area contributed by atoms with Crippen LogP contribution in [0.1, 0.15) is 25.3 Å². The van der Waals surface area contributed by atoms with Crippen LogP contribution in [0.15, 0.2) is 46.9 Å². The Morgan fingerprint density at radius 2 is 1.73 bits per heavy atom. The van der Waals surface area contributed by atoms with E-state index in [0.29, 0.717) is 26.0 Å². The van der Waals surface area contributed by atoms with Gasteiger partial charge in [0.05, 0.1) is 11.1 Å². The normalized spacial score (nSPS) is 11.3. The lowest BCUT2D eigenvalue weighted by atomic mass is 10.0. The SMILES string of the molecule is CC(C)c1ccc(-n2c(=S)oc3ccc(Cl)cc3c2=S)cc1. The van der Waals surface area contributed by atoms with Crippen molar-refractivity contribution in [1.82, 2.24) is 4.57 Å². The molecule has 3 rings (SSSR count). The minimum absolute atomic E-state index is 0.331. The number of hydrogen-bond donors (Lipinski definition) is 0.